The number of anilines is 2. The summed E-state index contributed by atoms with van der Waals surface area (Å²) < 4.78 is 0. The Labute approximate surface area is 104 Å². The molecule has 6 nitrogen and oxygen atoms in total. The zero-order chi connectivity index (χ0) is 13.1. The number of carbonyl (C=O) groups excluding carboxylic acids is 1. The molecule has 1 heterocycles. The first-order valence-corrected chi connectivity index (χ1v) is 5.60. The molecule has 0 aliphatic carbocycles. The Morgan fingerprint density at radius 3 is 2.89 bits per heavy atom. The summed E-state index contributed by atoms with van der Waals surface area (Å²) in [7, 11) is 0. The van der Waals surface area contributed by atoms with E-state index in [0.29, 0.717) is 5.69 Å². The lowest BCUT2D eigenvalue weighted by Gasteiger charge is -2.32. The molecule has 6 heteroatoms. The van der Waals surface area contributed by atoms with Crippen molar-refractivity contribution in [1.29, 1.82) is 0 Å². The molecule has 96 valence electrons. The Balaban J connectivity index is 2.13. The first kappa shape index (κ1) is 12.4. The van der Waals surface area contributed by atoms with Crippen molar-refractivity contribution >= 4 is 23.3 Å². The predicted octanol–water partition coefficient (Wildman–Crippen LogP) is 0.281. The number of carbonyl (C=O) groups is 2. The van der Waals surface area contributed by atoms with Crippen LogP contribution in [0.2, 0.25) is 0 Å². The highest BCUT2D eigenvalue weighted by Crippen LogP contribution is 2.28. The van der Waals surface area contributed by atoms with Crippen molar-refractivity contribution < 1.29 is 19.8 Å². The Kier molecular flexibility index (Phi) is 3.47. The number of nitrogens with zero attached hydrogens (tertiary/aromatic N) is 1. The quantitative estimate of drug-likeness (QED) is 0.714. The lowest BCUT2D eigenvalue weighted by Crippen LogP contribution is -2.42. The molecule has 1 aliphatic rings. The number of carboxylic acids is 1. The number of rotatable bonds is 4. The lowest BCUT2D eigenvalue weighted by molar-refractivity contribution is -0.139. The summed E-state index contributed by atoms with van der Waals surface area (Å²) in [5.41, 5.74) is 1.47. The largest absolute Gasteiger partial charge is 0.481 e. The monoisotopic (exact) mass is 250 g/mol. The Bertz CT molecular complexity index is 475. The van der Waals surface area contributed by atoms with Gasteiger partial charge in [-0.1, -0.05) is 12.1 Å². The number of aliphatic hydroxyl groups excluding tert-OH is 1. The topological polar surface area (TPSA) is 89.9 Å². The van der Waals surface area contributed by atoms with Gasteiger partial charge in [-0.25, -0.2) is 0 Å². The molecule has 1 aromatic carbocycles. The molecule has 0 fully saturated rings. The van der Waals surface area contributed by atoms with Gasteiger partial charge in [0.25, 0.3) is 0 Å². The van der Waals surface area contributed by atoms with Gasteiger partial charge >= 0.3 is 5.97 Å². The number of amides is 1. The van der Waals surface area contributed by atoms with Crippen LogP contribution < -0.4 is 10.2 Å². The van der Waals surface area contributed by atoms with Gasteiger partial charge in [0, 0.05) is 6.54 Å². The fourth-order valence-corrected chi connectivity index (χ4v) is 1.99. The maximum absolute atomic E-state index is 11.5. The molecule has 1 amide bonds. The number of nitrogens with one attached hydrogen (secondary N) is 1. The summed E-state index contributed by atoms with van der Waals surface area (Å²) >= 11 is 0. The molecule has 0 spiro atoms. The molecule has 2 rings (SSSR count). The van der Waals surface area contributed by atoms with Crippen LogP contribution in [0, 0.1) is 0 Å². The molecule has 0 saturated carbocycles. The lowest BCUT2D eigenvalue weighted by atomic mass is 10.1. The van der Waals surface area contributed by atoms with Crippen LogP contribution in [0.5, 0.6) is 0 Å². The summed E-state index contributed by atoms with van der Waals surface area (Å²) in [4.78, 5) is 23.7. The molecule has 0 radical (unpaired) electrons. The van der Waals surface area contributed by atoms with E-state index in [9.17, 15) is 14.7 Å². The molecule has 1 unspecified atom stereocenters. The SMILES string of the molecule is O=C(O)CC(O)CN1CC(=O)Nc2ccccc21. The van der Waals surface area contributed by atoms with E-state index >= 15 is 0 Å². The van der Waals surface area contributed by atoms with Gasteiger partial charge in [-0.05, 0) is 12.1 Å². The highest BCUT2D eigenvalue weighted by molar-refractivity contribution is 6.01. The van der Waals surface area contributed by atoms with Crippen LogP contribution in [-0.2, 0) is 9.59 Å². The minimum absolute atomic E-state index is 0.119. The van der Waals surface area contributed by atoms with E-state index in [0.717, 1.165) is 5.69 Å². The van der Waals surface area contributed by atoms with Crippen molar-refractivity contribution in [3.05, 3.63) is 24.3 Å². The van der Waals surface area contributed by atoms with Crippen LogP contribution >= 0.6 is 0 Å². The highest BCUT2D eigenvalue weighted by Gasteiger charge is 2.24. The number of aliphatic carboxylic acids is 1. The summed E-state index contributed by atoms with van der Waals surface area (Å²) in [6, 6.07) is 7.22. The van der Waals surface area contributed by atoms with Crippen LogP contribution in [0.4, 0.5) is 11.4 Å². The van der Waals surface area contributed by atoms with Gasteiger partial charge in [0.15, 0.2) is 0 Å². The van der Waals surface area contributed by atoms with Gasteiger partial charge in [-0.3, -0.25) is 9.59 Å². The van der Waals surface area contributed by atoms with Gasteiger partial charge in [-0.2, -0.15) is 0 Å². The molecule has 1 aliphatic heterocycles. The van der Waals surface area contributed by atoms with Gasteiger partial charge in [0.05, 0.1) is 30.4 Å². The maximum Gasteiger partial charge on any atom is 0.306 e. The third kappa shape index (κ3) is 2.78. The molecule has 0 aromatic heterocycles. The van der Waals surface area contributed by atoms with Crippen molar-refractivity contribution in [2.24, 2.45) is 0 Å². The fraction of sp³-hybridized carbons (Fsp3) is 0.333. The van der Waals surface area contributed by atoms with Gasteiger partial charge in [0.2, 0.25) is 5.91 Å². The van der Waals surface area contributed by atoms with Crippen molar-refractivity contribution in [3.63, 3.8) is 0 Å². The van der Waals surface area contributed by atoms with Gasteiger partial charge in [-0.15, -0.1) is 0 Å². The Morgan fingerprint density at radius 1 is 1.44 bits per heavy atom. The molecule has 0 saturated heterocycles. The maximum atomic E-state index is 11.5. The second kappa shape index (κ2) is 5.05. The van der Waals surface area contributed by atoms with Gasteiger partial charge in [0.1, 0.15) is 0 Å². The molecule has 18 heavy (non-hydrogen) atoms. The van der Waals surface area contributed by atoms with E-state index in [-0.39, 0.29) is 25.4 Å². The smallest absolute Gasteiger partial charge is 0.306 e. The number of carboxylic acid groups (broad SMARTS) is 1. The van der Waals surface area contributed by atoms with E-state index < -0.39 is 12.1 Å². The number of aliphatic hydroxyl groups is 1. The van der Waals surface area contributed by atoms with E-state index in [4.69, 9.17) is 5.11 Å². The molecule has 1 atom stereocenters. The number of hydrogen-bond acceptors (Lipinski definition) is 4. The van der Waals surface area contributed by atoms with Crippen LogP contribution in [0.1, 0.15) is 6.42 Å². The highest BCUT2D eigenvalue weighted by atomic mass is 16.4. The number of para-hydroxylation sites is 2. The van der Waals surface area contributed by atoms with Gasteiger partial charge < -0.3 is 20.4 Å². The summed E-state index contributed by atoms with van der Waals surface area (Å²) in [6.07, 6.45) is -1.33. The first-order valence-electron chi connectivity index (χ1n) is 5.60. The number of hydrogen-bond donors (Lipinski definition) is 3. The average molecular weight is 250 g/mol. The third-order valence-electron chi connectivity index (χ3n) is 2.69. The van der Waals surface area contributed by atoms with E-state index in [1.165, 1.54) is 0 Å². The normalized spacial score (nSPS) is 15.8. The third-order valence-corrected chi connectivity index (χ3v) is 2.69. The van der Waals surface area contributed by atoms with Crippen LogP contribution in [0.3, 0.4) is 0 Å². The van der Waals surface area contributed by atoms with Crippen molar-refractivity contribution in [2.45, 2.75) is 12.5 Å². The van der Waals surface area contributed by atoms with Crippen molar-refractivity contribution in [2.75, 3.05) is 23.3 Å². The van der Waals surface area contributed by atoms with E-state index in [2.05, 4.69) is 5.32 Å². The van der Waals surface area contributed by atoms with E-state index in [1.54, 1.807) is 17.0 Å². The summed E-state index contributed by atoms with van der Waals surface area (Å²) in [5, 5.41) is 21.0. The number of fused-ring (bicyclic) bond motifs is 1. The van der Waals surface area contributed by atoms with E-state index in [1.807, 2.05) is 12.1 Å². The molecule has 0 bridgehead atoms. The number of β-amino-alcohol motifs (C(OH)–C–C–N with tert-alkyl or cyclic N) is 1. The second-order valence-electron chi connectivity index (χ2n) is 4.20. The first-order chi connectivity index (χ1) is 8.56. The molecular weight excluding hydrogens is 236 g/mol. The van der Waals surface area contributed by atoms with Crippen molar-refractivity contribution in [1.82, 2.24) is 0 Å². The molecule has 1 aromatic rings. The second-order valence-corrected chi connectivity index (χ2v) is 4.20. The van der Waals surface area contributed by atoms with Crippen molar-refractivity contribution in [3.8, 4) is 0 Å². The summed E-state index contributed by atoms with van der Waals surface area (Å²) in [6.45, 7) is 0.241. The minimum atomic E-state index is -1.06. The zero-order valence-corrected chi connectivity index (χ0v) is 9.67. The average Bonchev–Trinajstić information content (AvgIpc) is 2.27. The predicted molar refractivity (Wildman–Crippen MR) is 65.5 cm³/mol. The minimum Gasteiger partial charge on any atom is -0.481 e. The summed E-state index contributed by atoms with van der Waals surface area (Å²) in [5.74, 6) is -1.23. The van der Waals surface area contributed by atoms with Crippen LogP contribution in [0.15, 0.2) is 24.3 Å². The Morgan fingerprint density at radius 2 is 2.17 bits per heavy atom. The molecular formula is C12H14N2O4. The zero-order valence-electron chi connectivity index (χ0n) is 9.67. The fourth-order valence-electron chi connectivity index (χ4n) is 1.99. The van der Waals surface area contributed by atoms with Crippen LogP contribution in [-0.4, -0.2) is 41.3 Å². The standard InChI is InChI=1S/C12H14N2O4/c15-8(5-12(17)18)6-14-7-11(16)13-9-3-1-2-4-10(9)14/h1-4,8,15H,5-7H2,(H,13,16)(H,17,18). The molecule has 3 N–H and O–H groups in total. The number of benzene rings is 1. The van der Waals surface area contributed by atoms with Crippen LogP contribution in [0.25, 0.3) is 0 Å². The Hall–Kier alpha value is -2.08.